The lowest BCUT2D eigenvalue weighted by molar-refractivity contribution is -0.130. The Balaban J connectivity index is 2.37. The van der Waals surface area contributed by atoms with Crippen LogP contribution in [0, 0.1) is 0 Å². The summed E-state index contributed by atoms with van der Waals surface area (Å²) >= 11 is 0. The molecule has 20 heavy (non-hydrogen) atoms. The first-order valence-electron chi connectivity index (χ1n) is 7.25. The first-order chi connectivity index (χ1) is 9.69. The van der Waals surface area contributed by atoms with Crippen molar-refractivity contribution >= 4 is 5.91 Å². The van der Waals surface area contributed by atoms with Crippen LogP contribution >= 0.6 is 0 Å². The number of unbranched alkanes of at least 4 members (excludes halogenated alkanes) is 3. The summed E-state index contributed by atoms with van der Waals surface area (Å²) in [6.45, 7) is 1.33. The third-order valence-electron chi connectivity index (χ3n) is 3.37. The molecule has 0 saturated carbocycles. The Morgan fingerprint density at radius 1 is 1.20 bits per heavy atom. The van der Waals surface area contributed by atoms with Gasteiger partial charge in [0, 0.05) is 25.6 Å². The molecule has 0 radical (unpaired) electrons. The number of ether oxygens (including phenoxy) is 1. The molecule has 4 heteroatoms. The van der Waals surface area contributed by atoms with E-state index in [9.17, 15) is 4.79 Å². The highest BCUT2D eigenvalue weighted by molar-refractivity contribution is 5.75. The molecule has 1 aromatic carbocycles. The SMILES string of the molecule is COc1ccccc1CN(C)C(=O)CCCCCCN. The van der Waals surface area contributed by atoms with Gasteiger partial charge >= 0.3 is 0 Å². The third-order valence-corrected chi connectivity index (χ3v) is 3.37. The van der Waals surface area contributed by atoms with Gasteiger partial charge < -0.3 is 15.4 Å². The van der Waals surface area contributed by atoms with Gasteiger partial charge in [0.05, 0.1) is 7.11 Å². The molecular formula is C16H26N2O2. The zero-order valence-corrected chi connectivity index (χ0v) is 12.6. The van der Waals surface area contributed by atoms with E-state index < -0.39 is 0 Å². The largest absolute Gasteiger partial charge is 0.496 e. The van der Waals surface area contributed by atoms with Gasteiger partial charge in [-0.25, -0.2) is 0 Å². The monoisotopic (exact) mass is 278 g/mol. The molecule has 2 N–H and O–H groups in total. The summed E-state index contributed by atoms with van der Waals surface area (Å²) in [5.41, 5.74) is 6.48. The molecule has 0 aliphatic carbocycles. The number of amides is 1. The van der Waals surface area contributed by atoms with Gasteiger partial charge in [-0.3, -0.25) is 4.79 Å². The Hall–Kier alpha value is -1.55. The molecule has 0 bridgehead atoms. The number of nitrogens with zero attached hydrogens (tertiary/aromatic N) is 1. The fraction of sp³-hybridized carbons (Fsp3) is 0.562. The normalized spacial score (nSPS) is 10.3. The fourth-order valence-corrected chi connectivity index (χ4v) is 2.14. The van der Waals surface area contributed by atoms with E-state index in [-0.39, 0.29) is 5.91 Å². The molecule has 0 aliphatic rings. The number of carbonyl (C=O) groups is 1. The molecule has 0 fully saturated rings. The zero-order chi connectivity index (χ0) is 14.8. The van der Waals surface area contributed by atoms with Crippen LogP contribution in [0.5, 0.6) is 5.75 Å². The fourth-order valence-electron chi connectivity index (χ4n) is 2.14. The third kappa shape index (κ3) is 5.61. The van der Waals surface area contributed by atoms with E-state index in [1.165, 1.54) is 0 Å². The van der Waals surface area contributed by atoms with E-state index in [2.05, 4.69) is 0 Å². The summed E-state index contributed by atoms with van der Waals surface area (Å²) < 4.78 is 5.30. The quantitative estimate of drug-likeness (QED) is 0.706. The maximum atomic E-state index is 12.0. The van der Waals surface area contributed by atoms with E-state index in [0.717, 1.165) is 43.5 Å². The molecule has 0 unspecified atom stereocenters. The second kappa shape index (κ2) is 9.37. The van der Waals surface area contributed by atoms with E-state index in [0.29, 0.717) is 13.0 Å². The van der Waals surface area contributed by atoms with Gasteiger partial charge in [-0.15, -0.1) is 0 Å². The molecule has 1 amide bonds. The number of hydrogen-bond acceptors (Lipinski definition) is 3. The Morgan fingerprint density at radius 2 is 1.90 bits per heavy atom. The van der Waals surface area contributed by atoms with Crippen molar-refractivity contribution in [3.05, 3.63) is 29.8 Å². The second-order valence-corrected chi connectivity index (χ2v) is 5.01. The Bertz CT molecular complexity index is 407. The van der Waals surface area contributed by atoms with Crippen LogP contribution in [0.1, 0.15) is 37.7 Å². The number of nitrogens with two attached hydrogens (primary N) is 1. The van der Waals surface area contributed by atoms with E-state index in [4.69, 9.17) is 10.5 Å². The van der Waals surface area contributed by atoms with Gasteiger partial charge in [-0.2, -0.15) is 0 Å². The number of rotatable bonds is 9. The molecule has 4 nitrogen and oxygen atoms in total. The molecule has 0 saturated heterocycles. The average Bonchev–Trinajstić information content (AvgIpc) is 2.47. The van der Waals surface area contributed by atoms with Gasteiger partial charge in [0.25, 0.3) is 0 Å². The van der Waals surface area contributed by atoms with Crippen LogP contribution in [-0.4, -0.2) is 31.5 Å². The predicted octanol–water partition coefficient (Wildman–Crippen LogP) is 2.56. The van der Waals surface area contributed by atoms with Gasteiger partial charge in [0.15, 0.2) is 0 Å². The molecule has 0 aromatic heterocycles. The van der Waals surface area contributed by atoms with Crippen LogP contribution in [0.25, 0.3) is 0 Å². The molecule has 0 atom stereocenters. The minimum Gasteiger partial charge on any atom is -0.496 e. The number of hydrogen-bond donors (Lipinski definition) is 1. The Morgan fingerprint density at radius 3 is 2.60 bits per heavy atom. The molecule has 1 rings (SSSR count). The molecule has 1 aromatic rings. The van der Waals surface area contributed by atoms with Gasteiger partial charge in [-0.05, 0) is 25.5 Å². The lowest BCUT2D eigenvalue weighted by Crippen LogP contribution is -2.26. The van der Waals surface area contributed by atoms with E-state index >= 15 is 0 Å². The molecule has 112 valence electrons. The summed E-state index contributed by atoms with van der Waals surface area (Å²) in [5.74, 6) is 1.01. The lowest BCUT2D eigenvalue weighted by atomic mass is 10.1. The summed E-state index contributed by atoms with van der Waals surface area (Å²) in [7, 11) is 3.49. The zero-order valence-electron chi connectivity index (χ0n) is 12.6. The standard InChI is InChI=1S/C16H26N2O2/c1-18(16(19)11-5-3-4-8-12-17)13-14-9-6-7-10-15(14)20-2/h6-7,9-10H,3-5,8,11-13,17H2,1-2H3. The van der Waals surface area contributed by atoms with Crippen LogP contribution in [0.2, 0.25) is 0 Å². The Kier molecular flexibility index (Phi) is 7.73. The van der Waals surface area contributed by atoms with Crippen molar-refractivity contribution < 1.29 is 9.53 Å². The Labute approximate surface area is 121 Å². The molecular weight excluding hydrogens is 252 g/mol. The highest BCUT2D eigenvalue weighted by atomic mass is 16.5. The first-order valence-corrected chi connectivity index (χ1v) is 7.25. The summed E-state index contributed by atoms with van der Waals surface area (Å²) in [6, 6.07) is 7.80. The second-order valence-electron chi connectivity index (χ2n) is 5.01. The number of methoxy groups -OCH3 is 1. The smallest absolute Gasteiger partial charge is 0.222 e. The van der Waals surface area contributed by atoms with Crippen molar-refractivity contribution in [2.24, 2.45) is 5.73 Å². The highest BCUT2D eigenvalue weighted by Crippen LogP contribution is 2.19. The summed E-state index contributed by atoms with van der Waals surface area (Å²) in [5, 5.41) is 0. The van der Waals surface area contributed by atoms with E-state index in [1.54, 1.807) is 12.0 Å². The van der Waals surface area contributed by atoms with Crippen LogP contribution in [0.3, 0.4) is 0 Å². The minimum atomic E-state index is 0.184. The van der Waals surface area contributed by atoms with Gasteiger partial charge in [0.1, 0.15) is 5.75 Å². The van der Waals surface area contributed by atoms with Gasteiger partial charge in [-0.1, -0.05) is 31.0 Å². The van der Waals surface area contributed by atoms with Crippen molar-refractivity contribution in [1.29, 1.82) is 0 Å². The lowest BCUT2D eigenvalue weighted by Gasteiger charge is -2.18. The first kappa shape index (κ1) is 16.5. The predicted molar refractivity (Wildman–Crippen MR) is 81.6 cm³/mol. The molecule has 0 aliphatic heterocycles. The van der Waals surface area contributed by atoms with Crippen molar-refractivity contribution in [3.63, 3.8) is 0 Å². The topological polar surface area (TPSA) is 55.6 Å². The maximum Gasteiger partial charge on any atom is 0.222 e. The number of para-hydroxylation sites is 1. The van der Waals surface area contributed by atoms with Crippen LogP contribution < -0.4 is 10.5 Å². The van der Waals surface area contributed by atoms with Crippen LogP contribution in [0.4, 0.5) is 0 Å². The van der Waals surface area contributed by atoms with E-state index in [1.807, 2.05) is 31.3 Å². The van der Waals surface area contributed by atoms with Crippen LogP contribution in [-0.2, 0) is 11.3 Å². The summed E-state index contributed by atoms with van der Waals surface area (Å²) in [6.07, 6.45) is 4.78. The van der Waals surface area contributed by atoms with Crippen molar-refractivity contribution in [1.82, 2.24) is 4.90 Å². The summed E-state index contributed by atoms with van der Waals surface area (Å²) in [4.78, 5) is 13.8. The molecule has 0 spiro atoms. The van der Waals surface area contributed by atoms with Crippen LogP contribution in [0.15, 0.2) is 24.3 Å². The van der Waals surface area contributed by atoms with Crippen molar-refractivity contribution in [2.75, 3.05) is 20.7 Å². The molecule has 0 heterocycles. The maximum absolute atomic E-state index is 12.0. The minimum absolute atomic E-state index is 0.184. The highest BCUT2D eigenvalue weighted by Gasteiger charge is 2.11. The number of benzene rings is 1. The van der Waals surface area contributed by atoms with Gasteiger partial charge in [0.2, 0.25) is 5.91 Å². The van der Waals surface area contributed by atoms with Crippen molar-refractivity contribution in [3.8, 4) is 5.75 Å². The van der Waals surface area contributed by atoms with Crippen molar-refractivity contribution in [2.45, 2.75) is 38.6 Å². The number of carbonyl (C=O) groups excluding carboxylic acids is 1. The average molecular weight is 278 g/mol.